The molecule has 0 unspecified atom stereocenters. The summed E-state index contributed by atoms with van der Waals surface area (Å²) >= 11 is 0. The molecular weight excluding hydrogens is 342 g/mol. The number of urea groups is 1. The first-order valence-corrected chi connectivity index (χ1v) is 8.99. The second-order valence-electron chi connectivity index (χ2n) is 6.61. The fraction of sp³-hybridized carbons (Fsp3) is 0.286. The van der Waals surface area contributed by atoms with Crippen molar-refractivity contribution in [2.24, 2.45) is 5.10 Å². The van der Waals surface area contributed by atoms with Crippen LogP contribution in [-0.4, -0.2) is 35.3 Å². The molecule has 1 heterocycles. The van der Waals surface area contributed by atoms with Gasteiger partial charge in [-0.3, -0.25) is 4.79 Å². The third-order valence-electron chi connectivity index (χ3n) is 4.51. The zero-order chi connectivity index (χ0) is 19.3. The highest BCUT2D eigenvalue weighted by atomic mass is 16.5. The average Bonchev–Trinajstić information content (AvgIpc) is 2.90. The summed E-state index contributed by atoms with van der Waals surface area (Å²) in [6.45, 7) is 4.25. The fourth-order valence-electron chi connectivity index (χ4n) is 2.92. The number of benzene rings is 2. The van der Waals surface area contributed by atoms with E-state index in [1.54, 1.807) is 6.92 Å². The summed E-state index contributed by atoms with van der Waals surface area (Å²) < 4.78 is 5.39. The Hall–Kier alpha value is -3.15. The van der Waals surface area contributed by atoms with Crippen LogP contribution in [0.15, 0.2) is 59.7 Å². The predicted molar refractivity (Wildman–Crippen MR) is 104 cm³/mol. The number of hydrogen-bond donors (Lipinski definition) is 1. The van der Waals surface area contributed by atoms with E-state index in [4.69, 9.17) is 4.74 Å². The van der Waals surface area contributed by atoms with Gasteiger partial charge in [0.1, 0.15) is 11.3 Å². The Kier molecular flexibility index (Phi) is 5.54. The Labute approximate surface area is 158 Å². The van der Waals surface area contributed by atoms with Crippen molar-refractivity contribution in [3.63, 3.8) is 0 Å². The van der Waals surface area contributed by atoms with Gasteiger partial charge in [0.25, 0.3) is 5.91 Å². The van der Waals surface area contributed by atoms with Crippen molar-refractivity contribution in [3.05, 3.63) is 65.7 Å². The average molecular weight is 365 g/mol. The predicted octanol–water partition coefficient (Wildman–Crippen LogP) is 3.36. The monoisotopic (exact) mass is 365 g/mol. The third kappa shape index (κ3) is 4.34. The van der Waals surface area contributed by atoms with Crippen molar-refractivity contribution in [3.8, 4) is 5.75 Å². The Morgan fingerprint density at radius 1 is 1.11 bits per heavy atom. The molecule has 2 aromatic rings. The quantitative estimate of drug-likeness (QED) is 0.604. The Morgan fingerprint density at radius 2 is 1.81 bits per heavy atom. The SMILES string of the molecule is CCOc1ccc(/C=N\N2C(=O)N[C@@](C)(CCc3ccccc3)C2=O)cc1. The van der Waals surface area contributed by atoms with E-state index in [1.165, 1.54) is 6.21 Å². The van der Waals surface area contributed by atoms with Crippen LogP contribution >= 0.6 is 0 Å². The van der Waals surface area contributed by atoms with Crippen LogP contribution < -0.4 is 10.1 Å². The van der Waals surface area contributed by atoms with E-state index in [0.717, 1.165) is 21.9 Å². The molecule has 2 aromatic carbocycles. The van der Waals surface area contributed by atoms with E-state index in [2.05, 4.69) is 10.4 Å². The Balaban J connectivity index is 1.66. The summed E-state index contributed by atoms with van der Waals surface area (Å²) in [5.74, 6) is 0.420. The van der Waals surface area contributed by atoms with Crippen LogP contribution in [0, 0.1) is 0 Å². The maximum Gasteiger partial charge on any atom is 0.346 e. The van der Waals surface area contributed by atoms with Gasteiger partial charge in [-0.25, -0.2) is 4.79 Å². The molecule has 3 amide bonds. The summed E-state index contributed by atoms with van der Waals surface area (Å²) in [5, 5.41) is 7.76. The van der Waals surface area contributed by atoms with Crippen molar-refractivity contribution in [1.29, 1.82) is 0 Å². The summed E-state index contributed by atoms with van der Waals surface area (Å²) in [4.78, 5) is 25.0. The molecule has 0 aliphatic carbocycles. The van der Waals surface area contributed by atoms with Crippen LogP contribution in [0.2, 0.25) is 0 Å². The largest absolute Gasteiger partial charge is 0.494 e. The summed E-state index contributed by atoms with van der Waals surface area (Å²) in [6.07, 6.45) is 2.70. The fourth-order valence-corrected chi connectivity index (χ4v) is 2.92. The second-order valence-corrected chi connectivity index (χ2v) is 6.61. The first-order chi connectivity index (χ1) is 13.0. The zero-order valence-corrected chi connectivity index (χ0v) is 15.5. The van der Waals surface area contributed by atoms with Gasteiger partial charge in [0, 0.05) is 0 Å². The number of aryl methyl sites for hydroxylation is 1. The van der Waals surface area contributed by atoms with Crippen molar-refractivity contribution in [1.82, 2.24) is 10.3 Å². The number of amides is 3. The minimum absolute atomic E-state index is 0.342. The zero-order valence-electron chi connectivity index (χ0n) is 15.5. The molecular formula is C21H23N3O3. The van der Waals surface area contributed by atoms with Gasteiger partial charge in [-0.2, -0.15) is 5.10 Å². The molecule has 1 saturated heterocycles. The molecule has 0 bridgehead atoms. The van der Waals surface area contributed by atoms with Crippen LogP contribution in [-0.2, 0) is 11.2 Å². The molecule has 6 nitrogen and oxygen atoms in total. The van der Waals surface area contributed by atoms with Gasteiger partial charge in [0.15, 0.2) is 0 Å². The van der Waals surface area contributed by atoms with Crippen LogP contribution in [0.4, 0.5) is 4.79 Å². The maximum absolute atomic E-state index is 12.7. The van der Waals surface area contributed by atoms with Gasteiger partial charge in [-0.1, -0.05) is 30.3 Å². The van der Waals surface area contributed by atoms with Gasteiger partial charge in [-0.15, -0.1) is 5.01 Å². The van der Waals surface area contributed by atoms with Gasteiger partial charge >= 0.3 is 6.03 Å². The van der Waals surface area contributed by atoms with Gasteiger partial charge in [-0.05, 0) is 62.1 Å². The molecule has 0 spiro atoms. The lowest BCUT2D eigenvalue weighted by Crippen LogP contribution is -2.44. The van der Waals surface area contributed by atoms with E-state index in [0.29, 0.717) is 19.4 Å². The molecule has 27 heavy (non-hydrogen) atoms. The molecule has 1 aliphatic rings. The number of rotatable bonds is 7. The van der Waals surface area contributed by atoms with Crippen LogP contribution in [0.3, 0.4) is 0 Å². The number of carbonyl (C=O) groups is 2. The molecule has 0 aromatic heterocycles. The third-order valence-corrected chi connectivity index (χ3v) is 4.51. The highest BCUT2D eigenvalue weighted by molar-refractivity contribution is 6.07. The number of hydrogen-bond acceptors (Lipinski definition) is 4. The van der Waals surface area contributed by atoms with E-state index >= 15 is 0 Å². The van der Waals surface area contributed by atoms with Crippen molar-refractivity contribution < 1.29 is 14.3 Å². The standard InChI is InChI=1S/C21H23N3O3/c1-3-27-18-11-9-17(10-12-18)15-22-24-19(25)21(2,23-20(24)26)14-13-16-7-5-4-6-8-16/h4-12,15H,3,13-14H2,1-2H3,(H,23,26)/b22-15-/t21-/m0/s1. The smallest absolute Gasteiger partial charge is 0.346 e. The summed E-state index contributed by atoms with van der Waals surface area (Å²) in [7, 11) is 0. The number of nitrogens with zero attached hydrogens (tertiary/aromatic N) is 2. The van der Waals surface area contributed by atoms with Crippen LogP contribution in [0.1, 0.15) is 31.4 Å². The number of hydrazone groups is 1. The molecule has 1 fully saturated rings. The van der Waals surface area contributed by atoms with Crippen molar-refractivity contribution in [2.45, 2.75) is 32.2 Å². The maximum atomic E-state index is 12.7. The Morgan fingerprint density at radius 3 is 2.48 bits per heavy atom. The summed E-state index contributed by atoms with van der Waals surface area (Å²) in [6, 6.07) is 16.7. The van der Waals surface area contributed by atoms with E-state index < -0.39 is 11.6 Å². The highest BCUT2D eigenvalue weighted by Crippen LogP contribution is 2.23. The van der Waals surface area contributed by atoms with E-state index in [1.807, 2.05) is 61.5 Å². The first kappa shape index (κ1) is 18.6. The lowest BCUT2D eigenvalue weighted by molar-refractivity contribution is -0.130. The van der Waals surface area contributed by atoms with E-state index in [9.17, 15) is 9.59 Å². The van der Waals surface area contributed by atoms with Crippen LogP contribution in [0.25, 0.3) is 0 Å². The molecule has 1 aliphatic heterocycles. The number of ether oxygens (including phenoxy) is 1. The minimum Gasteiger partial charge on any atom is -0.494 e. The lowest BCUT2D eigenvalue weighted by Gasteiger charge is -2.20. The topological polar surface area (TPSA) is 71.0 Å². The summed E-state index contributed by atoms with van der Waals surface area (Å²) in [5.41, 5.74) is 0.942. The number of carbonyl (C=O) groups excluding carboxylic acids is 2. The second kappa shape index (κ2) is 8.03. The number of nitrogens with one attached hydrogen (secondary N) is 1. The number of imide groups is 1. The van der Waals surface area contributed by atoms with Crippen molar-refractivity contribution in [2.75, 3.05) is 6.61 Å². The van der Waals surface area contributed by atoms with Crippen LogP contribution in [0.5, 0.6) is 5.75 Å². The molecule has 1 N–H and O–H groups in total. The molecule has 140 valence electrons. The minimum atomic E-state index is -0.955. The van der Waals surface area contributed by atoms with E-state index in [-0.39, 0.29) is 5.91 Å². The van der Waals surface area contributed by atoms with Gasteiger partial charge < -0.3 is 10.1 Å². The normalized spacial score (nSPS) is 19.6. The van der Waals surface area contributed by atoms with Gasteiger partial charge in [0.2, 0.25) is 0 Å². The van der Waals surface area contributed by atoms with Crippen molar-refractivity contribution >= 4 is 18.2 Å². The molecule has 1 atom stereocenters. The molecule has 0 saturated carbocycles. The highest BCUT2D eigenvalue weighted by Gasteiger charge is 2.47. The molecule has 3 rings (SSSR count). The Bertz CT molecular complexity index is 834. The lowest BCUT2D eigenvalue weighted by atomic mass is 9.93. The van der Waals surface area contributed by atoms with Gasteiger partial charge in [0.05, 0.1) is 12.8 Å². The molecule has 0 radical (unpaired) electrons. The first-order valence-electron chi connectivity index (χ1n) is 8.99. The molecule has 6 heteroatoms.